The lowest BCUT2D eigenvalue weighted by Gasteiger charge is -2.38. The second kappa shape index (κ2) is 10.0. The third-order valence-corrected chi connectivity index (χ3v) is 7.64. The van der Waals surface area contributed by atoms with Gasteiger partial charge in [-0.1, -0.05) is 12.1 Å². The summed E-state index contributed by atoms with van der Waals surface area (Å²) in [6, 6.07) is 11.9. The molecule has 2 aromatic carbocycles. The van der Waals surface area contributed by atoms with Gasteiger partial charge in [0, 0.05) is 12.1 Å². The maximum absolute atomic E-state index is 14.4. The van der Waals surface area contributed by atoms with Crippen LogP contribution in [-0.2, 0) is 6.42 Å². The van der Waals surface area contributed by atoms with Crippen molar-refractivity contribution in [2.45, 2.75) is 51.6 Å². The SMILES string of the molecule is CC(C)N1CCC(N(C)CCCc2ccc3nc(-c4c(N)c5c(F)cccc5[nH]c4=O)[nH]c3c2)CC1. The molecule has 0 spiro atoms. The number of likely N-dealkylation sites (tertiary alicyclic amines) is 1. The van der Waals surface area contributed by atoms with Crippen molar-refractivity contribution in [1.82, 2.24) is 24.8 Å². The first kappa shape index (κ1) is 24.5. The van der Waals surface area contributed by atoms with Gasteiger partial charge in [0.1, 0.15) is 17.2 Å². The van der Waals surface area contributed by atoms with E-state index in [4.69, 9.17) is 5.73 Å². The summed E-state index contributed by atoms with van der Waals surface area (Å²) in [4.78, 5) is 28.4. The maximum atomic E-state index is 14.4. The van der Waals surface area contributed by atoms with E-state index in [2.05, 4.69) is 57.8 Å². The molecular formula is C28H35FN6O. The zero-order valence-electron chi connectivity index (χ0n) is 21.3. The number of piperidine rings is 1. The first-order valence-corrected chi connectivity index (χ1v) is 12.8. The molecule has 1 fully saturated rings. The zero-order valence-corrected chi connectivity index (χ0v) is 21.3. The highest BCUT2D eigenvalue weighted by Crippen LogP contribution is 2.30. The highest BCUT2D eigenvalue weighted by Gasteiger charge is 2.23. The van der Waals surface area contributed by atoms with Crippen molar-refractivity contribution in [3.05, 3.63) is 58.1 Å². The van der Waals surface area contributed by atoms with Gasteiger partial charge >= 0.3 is 0 Å². The first-order chi connectivity index (χ1) is 17.3. The summed E-state index contributed by atoms with van der Waals surface area (Å²) in [5, 5.41) is 0.201. The Balaban J connectivity index is 1.28. The Morgan fingerprint density at radius 1 is 1.17 bits per heavy atom. The summed E-state index contributed by atoms with van der Waals surface area (Å²) < 4.78 is 14.4. The summed E-state index contributed by atoms with van der Waals surface area (Å²) in [6.45, 7) is 7.98. The lowest BCUT2D eigenvalue weighted by Crippen LogP contribution is -2.45. The molecule has 7 nitrogen and oxygen atoms in total. The summed E-state index contributed by atoms with van der Waals surface area (Å²) in [5.41, 5.74) is 9.28. The van der Waals surface area contributed by atoms with Crippen LogP contribution in [-0.4, -0.2) is 63.5 Å². The van der Waals surface area contributed by atoms with Gasteiger partial charge < -0.3 is 25.5 Å². The molecule has 0 amide bonds. The molecule has 0 atom stereocenters. The third-order valence-electron chi connectivity index (χ3n) is 7.64. The predicted octanol–water partition coefficient (Wildman–Crippen LogP) is 4.53. The van der Waals surface area contributed by atoms with Crippen LogP contribution in [0.5, 0.6) is 0 Å². The Labute approximate surface area is 210 Å². The Kier molecular flexibility index (Phi) is 6.81. The van der Waals surface area contributed by atoms with Gasteiger partial charge in [-0.15, -0.1) is 0 Å². The summed E-state index contributed by atoms with van der Waals surface area (Å²) >= 11 is 0. The molecule has 8 heteroatoms. The number of imidazole rings is 1. The molecule has 1 aliphatic rings. The van der Waals surface area contributed by atoms with Crippen molar-refractivity contribution in [3.63, 3.8) is 0 Å². The number of nitrogens with two attached hydrogens (primary N) is 1. The number of aromatic nitrogens is 3. The van der Waals surface area contributed by atoms with E-state index in [0.29, 0.717) is 23.4 Å². The van der Waals surface area contributed by atoms with Crippen LogP contribution in [0.2, 0.25) is 0 Å². The monoisotopic (exact) mass is 490 g/mol. The van der Waals surface area contributed by atoms with Crippen LogP contribution in [0.1, 0.15) is 38.7 Å². The van der Waals surface area contributed by atoms with Gasteiger partial charge in [-0.05, 0) is 96.0 Å². The molecule has 0 radical (unpaired) electrons. The van der Waals surface area contributed by atoms with Gasteiger partial charge in [-0.2, -0.15) is 0 Å². The van der Waals surface area contributed by atoms with Crippen LogP contribution in [0.3, 0.4) is 0 Å². The van der Waals surface area contributed by atoms with E-state index < -0.39 is 11.4 Å². The van der Waals surface area contributed by atoms with Gasteiger partial charge in [0.05, 0.1) is 27.6 Å². The average molecular weight is 491 g/mol. The number of fused-ring (bicyclic) bond motifs is 2. The number of benzene rings is 2. The lowest BCUT2D eigenvalue weighted by atomic mass is 10.0. The number of nitrogen functional groups attached to an aromatic ring is 1. The molecule has 0 aliphatic carbocycles. The molecule has 1 saturated heterocycles. The topological polar surface area (TPSA) is 94.0 Å². The Bertz CT molecular complexity index is 1430. The molecule has 4 N–H and O–H groups in total. The zero-order chi connectivity index (χ0) is 25.4. The minimum absolute atomic E-state index is 0.0911. The van der Waals surface area contributed by atoms with E-state index >= 15 is 0 Å². The van der Waals surface area contributed by atoms with Crippen LogP contribution in [0.15, 0.2) is 41.2 Å². The van der Waals surface area contributed by atoms with Crippen molar-refractivity contribution >= 4 is 27.6 Å². The summed E-state index contributed by atoms with van der Waals surface area (Å²) in [7, 11) is 2.24. The molecule has 3 heterocycles. The molecular weight excluding hydrogens is 455 g/mol. The van der Waals surface area contributed by atoms with Gasteiger partial charge in [-0.3, -0.25) is 4.79 Å². The van der Waals surface area contributed by atoms with Crippen LogP contribution in [0.25, 0.3) is 33.3 Å². The minimum atomic E-state index is -0.476. The fraction of sp³-hybridized carbons (Fsp3) is 0.429. The molecule has 36 heavy (non-hydrogen) atoms. The van der Waals surface area contributed by atoms with Crippen LogP contribution in [0.4, 0.5) is 10.1 Å². The number of nitrogens with zero attached hydrogens (tertiary/aromatic N) is 3. The molecule has 190 valence electrons. The lowest BCUT2D eigenvalue weighted by molar-refractivity contribution is 0.107. The molecule has 4 aromatic rings. The number of rotatable bonds is 7. The number of aromatic amines is 2. The highest BCUT2D eigenvalue weighted by atomic mass is 19.1. The van der Waals surface area contributed by atoms with Crippen molar-refractivity contribution < 1.29 is 4.39 Å². The maximum Gasteiger partial charge on any atom is 0.261 e. The Morgan fingerprint density at radius 2 is 1.94 bits per heavy atom. The number of nitrogens with one attached hydrogen (secondary N) is 2. The molecule has 0 saturated carbocycles. The van der Waals surface area contributed by atoms with Crippen LogP contribution < -0.4 is 11.3 Å². The average Bonchev–Trinajstić information content (AvgIpc) is 3.26. The molecule has 2 aromatic heterocycles. The fourth-order valence-electron chi connectivity index (χ4n) is 5.46. The summed E-state index contributed by atoms with van der Waals surface area (Å²) in [5.74, 6) is -0.130. The van der Waals surface area contributed by atoms with Gasteiger partial charge in [0.25, 0.3) is 5.56 Å². The van der Waals surface area contributed by atoms with Gasteiger partial charge in [0.15, 0.2) is 0 Å². The smallest absolute Gasteiger partial charge is 0.261 e. The van der Waals surface area contributed by atoms with Crippen molar-refractivity contribution in [3.8, 4) is 11.4 Å². The van der Waals surface area contributed by atoms with E-state index in [9.17, 15) is 9.18 Å². The molecule has 0 bridgehead atoms. The summed E-state index contributed by atoms with van der Waals surface area (Å²) in [6.07, 6.45) is 4.50. The number of pyridine rings is 1. The predicted molar refractivity (Wildman–Crippen MR) is 145 cm³/mol. The standard InChI is InChI=1S/C28H35FN6O/c1-17(2)35-14-11-19(12-15-35)34(3)13-5-6-18-9-10-21-23(16-18)32-27(31-21)25-26(30)24-20(29)7-4-8-22(24)33-28(25)36/h4,7-10,16-17,19H,5-6,11-15H2,1-3H3,(H,31,32)(H3,30,33,36). The van der Waals surface area contributed by atoms with Crippen molar-refractivity contribution in [2.24, 2.45) is 0 Å². The highest BCUT2D eigenvalue weighted by molar-refractivity contribution is 5.98. The van der Waals surface area contributed by atoms with Crippen molar-refractivity contribution in [2.75, 3.05) is 32.4 Å². The van der Waals surface area contributed by atoms with E-state index in [1.54, 1.807) is 12.1 Å². The normalized spacial score (nSPS) is 15.6. The second-order valence-corrected chi connectivity index (χ2v) is 10.3. The number of H-pyrrole nitrogens is 2. The number of anilines is 1. The van der Waals surface area contributed by atoms with Crippen molar-refractivity contribution in [1.29, 1.82) is 0 Å². The van der Waals surface area contributed by atoms with Gasteiger partial charge in [-0.25, -0.2) is 9.37 Å². The quantitative estimate of drug-likeness (QED) is 0.354. The van der Waals surface area contributed by atoms with E-state index in [1.165, 1.54) is 37.6 Å². The van der Waals surface area contributed by atoms with Crippen LogP contribution in [0, 0.1) is 5.82 Å². The third kappa shape index (κ3) is 4.75. The Hall–Kier alpha value is -3.23. The number of aryl methyl sites for hydroxylation is 1. The van der Waals surface area contributed by atoms with E-state index in [1.807, 2.05) is 6.07 Å². The minimum Gasteiger partial charge on any atom is -0.397 e. The second-order valence-electron chi connectivity index (χ2n) is 10.3. The molecule has 1 aliphatic heterocycles. The molecule has 5 rings (SSSR count). The van der Waals surface area contributed by atoms with E-state index in [0.717, 1.165) is 30.4 Å². The first-order valence-electron chi connectivity index (χ1n) is 12.8. The molecule has 0 unspecified atom stereocenters. The number of halogens is 1. The van der Waals surface area contributed by atoms with Gasteiger partial charge in [0.2, 0.25) is 0 Å². The van der Waals surface area contributed by atoms with E-state index in [-0.39, 0.29) is 16.6 Å². The number of hydrogen-bond donors (Lipinski definition) is 3. The number of hydrogen-bond acceptors (Lipinski definition) is 5. The fourth-order valence-corrected chi connectivity index (χ4v) is 5.46. The van der Waals surface area contributed by atoms with Crippen LogP contribution >= 0.6 is 0 Å². The Morgan fingerprint density at radius 3 is 2.69 bits per heavy atom. The largest absolute Gasteiger partial charge is 0.397 e.